The van der Waals surface area contributed by atoms with Crippen LogP contribution in [0.25, 0.3) is 5.57 Å². The molecule has 3 aliphatic rings. The third-order valence-electron chi connectivity index (χ3n) is 5.17. The maximum absolute atomic E-state index is 13.0. The molecule has 0 atom stereocenters. The summed E-state index contributed by atoms with van der Waals surface area (Å²) >= 11 is 0. The summed E-state index contributed by atoms with van der Waals surface area (Å²) in [5.41, 5.74) is 0.776. The van der Waals surface area contributed by atoms with Gasteiger partial charge in [0.25, 0.3) is 0 Å². The lowest BCUT2D eigenvalue weighted by Crippen LogP contribution is -2.45. The van der Waals surface area contributed by atoms with Gasteiger partial charge in [-0.3, -0.25) is 5.32 Å². The van der Waals surface area contributed by atoms with Gasteiger partial charge in [-0.05, 0) is 31.3 Å². The number of amides is 2. The first kappa shape index (κ1) is 16.3. The summed E-state index contributed by atoms with van der Waals surface area (Å²) in [6.45, 7) is 3.17. The zero-order chi connectivity index (χ0) is 17.2. The third-order valence-corrected chi connectivity index (χ3v) is 5.17. The molecule has 7 nitrogen and oxygen atoms in total. The molecular formula is C17H21FN4O3. The van der Waals surface area contributed by atoms with E-state index in [4.69, 9.17) is 9.15 Å². The lowest BCUT2D eigenvalue weighted by Gasteiger charge is -2.39. The Morgan fingerprint density at radius 1 is 1.16 bits per heavy atom. The first-order valence-electron chi connectivity index (χ1n) is 8.72. The molecule has 134 valence electrons. The highest BCUT2D eigenvalue weighted by molar-refractivity contribution is 5.87. The molecule has 1 aromatic heterocycles. The van der Waals surface area contributed by atoms with E-state index < -0.39 is 0 Å². The van der Waals surface area contributed by atoms with Crippen LogP contribution in [0.15, 0.2) is 22.4 Å². The molecule has 1 N–H and O–H groups in total. The van der Waals surface area contributed by atoms with Gasteiger partial charge in [0.2, 0.25) is 5.89 Å². The van der Waals surface area contributed by atoms with Crippen molar-refractivity contribution >= 4 is 17.6 Å². The molecule has 25 heavy (non-hydrogen) atoms. The van der Waals surface area contributed by atoms with Crippen molar-refractivity contribution in [3.63, 3.8) is 0 Å². The number of ether oxygens (including phenoxy) is 1. The largest absolute Gasteiger partial charge is 0.403 e. The Labute approximate surface area is 144 Å². The highest BCUT2D eigenvalue weighted by atomic mass is 19.1. The fourth-order valence-electron chi connectivity index (χ4n) is 3.46. The van der Waals surface area contributed by atoms with E-state index in [0.717, 1.165) is 44.7 Å². The Balaban J connectivity index is 1.31. The van der Waals surface area contributed by atoms with E-state index in [2.05, 4.69) is 15.5 Å². The maximum atomic E-state index is 13.0. The van der Waals surface area contributed by atoms with Gasteiger partial charge >= 0.3 is 12.0 Å². The van der Waals surface area contributed by atoms with Crippen LogP contribution in [0, 0.1) is 11.8 Å². The number of nitrogens with one attached hydrogen (secondary N) is 1. The average Bonchev–Trinajstić information content (AvgIpc) is 3.03. The molecule has 0 radical (unpaired) electrons. The summed E-state index contributed by atoms with van der Waals surface area (Å²) in [4.78, 5) is 14.1. The monoisotopic (exact) mass is 348 g/mol. The summed E-state index contributed by atoms with van der Waals surface area (Å²) in [6, 6.07) is -0.146. The molecule has 0 aromatic carbocycles. The number of rotatable bonds is 3. The molecule has 0 spiro atoms. The molecule has 0 unspecified atom stereocenters. The normalized spacial score (nSPS) is 22.2. The zero-order valence-corrected chi connectivity index (χ0v) is 13.9. The lowest BCUT2D eigenvalue weighted by atomic mass is 9.83. The van der Waals surface area contributed by atoms with E-state index in [0.29, 0.717) is 30.6 Å². The van der Waals surface area contributed by atoms with Crippen LogP contribution in [0.5, 0.6) is 0 Å². The molecule has 2 saturated heterocycles. The van der Waals surface area contributed by atoms with Crippen molar-refractivity contribution in [2.24, 2.45) is 11.8 Å². The molecule has 2 aliphatic heterocycles. The summed E-state index contributed by atoms with van der Waals surface area (Å²) in [6.07, 6.45) is 5.88. The van der Waals surface area contributed by atoms with Crippen LogP contribution in [-0.2, 0) is 4.74 Å². The van der Waals surface area contributed by atoms with Crippen molar-refractivity contribution in [2.75, 3.05) is 31.6 Å². The smallest absolute Gasteiger partial charge is 0.325 e. The van der Waals surface area contributed by atoms with Gasteiger partial charge in [-0.1, -0.05) is 11.2 Å². The van der Waals surface area contributed by atoms with Crippen LogP contribution >= 0.6 is 0 Å². The summed E-state index contributed by atoms with van der Waals surface area (Å²) in [7, 11) is 0. The van der Waals surface area contributed by atoms with Gasteiger partial charge in [0, 0.05) is 31.0 Å². The fourth-order valence-corrected chi connectivity index (χ4v) is 3.46. The van der Waals surface area contributed by atoms with Crippen molar-refractivity contribution in [2.45, 2.75) is 25.7 Å². The van der Waals surface area contributed by atoms with Crippen LogP contribution in [0.1, 0.15) is 31.6 Å². The molecule has 0 bridgehead atoms. The molecule has 2 amide bonds. The number of carbonyl (C=O) groups is 1. The summed E-state index contributed by atoms with van der Waals surface area (Å²) < 4.78 is 23.8. The number of halogens is 1. The Bertz CT molecular complexity index is 703. The molecule has 0 saturated carbocycles. The van der Waals surface area contributed by atoms with E-state index in [1.165, 1.54) is 6.08 Å². The highest BCUT2D eigenvalue weighted by Gasteiger charge is 2.32. The van der Waals surface area contributed by atoms with E-state index >= 15 is 0 Å². The lowest BCUT2D eigenvalue weighted by molar-refractivity contribution is -0.0701. The number of carbonyl (C=O) groups excluding carboxylic acids is 1. The van der Waals surface area contributed by atoms with Gasteiger partial charge in [-0.2, -0.15) is 0 Å². The molecular weight excluding hydrogens is 327 g/mol. The second-order valence-corrected chi connectivity index (χ2v) is 6.77. The predicted molar refractivity (Wildman–Crippen MR) is 88.3 cm³/mol. The van der Waals surface area contributed by atoms with Crippen molar-refractivity contribution in [3.05, 3.63) is 23.9 Å². The summed E-state index contributed by atoms with van der Waals surface area (Å²) in [5, 5.41) is 10.5. The molecule has 2 fully saturated rings. The van der Waals surface area contributed by atoms with Crippen LogP contribution in [0.2, 0.25) is 0 Å². The maximum Gasteiger partial charge on any atom is 0.325 e. The Morgan fingerprint density at radius 2 is 1.96 bits per heavy atom. The molecule has 3 heterocycles. The number of allylic oxidation sites excluding steroid dienone is 4. The second-order valence-electron chi connectivity index (χ2n) is 6.77. The number of urea groups is 1. The number of piperidine rings is 1. The topological polar surface area (TPSA) is 80.5 Å². The van der Waals surface area contributed by atoms with Crippen molar-refractivity contribution < 1.29 is 18.3 Å². The second kappa shape index (κ2) is 6.95. The Kier molecular flexibility index (Phi) is 4.52. The van der Waals surface area contributed by atoms with Crippen LogP contribution in [-0.4, -0.2) is 47.4 Å². The first-order chi connectivity index (χ1) is 12.2. The highest BCUT2D eigenvalue weighted by Crippen LogP contribution is 2.30. The standard InChI is InChI=1S/C17H21FN4O3/c18-14-3-1-12(2-4-14)15-20-21-16(25-15)19-17(23)22-7-5-11(6-8-22)13-9-24-10-13/h1,3,11,13H,2,4-10H2,(H,19,21,23). The van der Waals surface area contributed by atoms with Crippen LogP contribution in [0.4, 0.5) is 15.2 Å². The SMILES string of the molecule is O=C(Nc1nnc(C2=CC=C(F)CC2)o1)N1CCC(C2COC2)CC1. The average molecular weight is 348 g/mol. The minimum Gasteiger partial charge on any atom is -0.403 e. The molecule has 1 aromatic rings. The third kappa shape index (κ3) is 3.58. The van der Waals surface area contributed by atoms with Crippen molar-refractivity contribution in [1.82, 2.24) is 15.1 Å². The quantitative estimate of drug-likeness (QED) is 0.908. The van der Waals surface area contributed by atoms with E-state index in [1.54, 1.807) is 11.0 Å². The number of hydrogen-bond acceptors (Lipinski definition) is 5. The number of aromatic nitrogens is 2. The van der Waals surface area contributed by atoms with Gasteiger partial charge in [0.05, 0.1) is 13.2 Å². The van der Waals surface area contributed by atoms with E-state index in [-0.39, 0.29) is 17.9 Å². The number of likely N-dealkylation sites (tertiary alicyclic amines) is 1. The van der Waals surface area contributed by atoms with E-state index in [1.807, 2.05) is 0 Å². The molecule has 8 heteroatoms. The fraction of sp³-hybridized carbons (Fsp3) is 0.588. The van der Waals surface area contributed by atoms with Gasteiger partial charge in [-0.25, -0.2) is 9.18 Å². The minimum atomic E-state index is -0.220. The van der Waals surface area contributed by atoms with Crippen molar-refractivity contribution in [3.8, 4) is 0 Å². The number of hydrogen-bond donors (Lipinski definition) is 1. The molecule has 1 aliphatic carbocycles. The van der Waals surface area contributed by atoms with Crippen molar-refractivity contribution in [1.29, 1.82) is 0 Å². The summed E-state index contributed by atoms with van der Waals surface area (Å²) in [5.74, 6) is 1.47. The van der Waals surface area contributed by atoms with E-state index in [9.17, 15) is 9.18 Å². The first-order valence-corrected chi connectivity index (χ1v) is 8.72. The number of anilines is 1. The zero-order valence-electron chi connectivity index (χ0n) is 13.9. The minimum absolute atomic E-state index is 0.0745. The predicted octanol–water partition coefficient (Wildman–Crippen LogP) is 2.99. The van der Waals surface area contributed by atoms with Gasteiger partial charge < -0.3 is 14.1 Å². The Hall–Kier alpha value is -2.22. The van der Waals surface area contributed by atoms with Gasteiger partial charge in [0.15, 0.2) is 0 Å². The van der Waals surface area contributed by atoms with Gasteiger partial charge in [0.1, 0.15) is 5.83 Å². The molecule has 4 rings (SSSR count). The van der Waals surface area contributed by atoms with Crippen LogP contribution in [0.3, 0.4) is 0 Å². The Morgan fingerprint density at radius 3 is 2.60 bits per heavy atom. The van der Waals surface area contributed by atoms with Crippen LogP contribution < -0.4 is 5.32 Å². The van der Waals surface area contributed by atoms with Gasteiger partial charge in [-0.15, -0.1) is 5.10 Å². The number of nitrogens with zero attached hydrogens (tertiary/aromatic N) is 3.